The van der Waals surface area contributed by atoms with Crippen LogP contribution in [-0.4, -0.2) is 42.2 Å². The molecule has 1 aliphatic rings. The smallest absolute Gasteiger partial charge is 0.410 e. The van der Waals surface area contributed by atoms with Crippen LogP contribution in [-0.2, 0) is 4.74 Å². The summed E-state index contributed by atoms with van der Waals surface area (Å²) in [6, 6.07) is 3.33. The molecular weight excluding hydrogens is 301 g/mol. The number of non-ortho nitro benzene ring substituents is 1. The normalized spacial score (nSPS) is 16.6. The summed E-state index contributed by atoms with van der Waals surface area (Å²) in [5.74, 6) is -0.716. The second-order valence-corrected chi connectivity index (χ2v) is 4.19. The number of hydrogen-bond acceptors (Lipinski definition) is 5. The van der Waals surface area contributed by atoms with Crippen LogP contribution < -0.4 is 5.32 Å². The summed E-state index contributed by atoms with van der Waals surface area (Å²) in [4.78, 5) is 22.3. The molecule has 1 fully saturated rings. The molecule has 0 aromatic heterocycles. The van der Waals surface area contributed by atoms with Crippen molar-refractivity contribution >= 4 is 31.0 Å². The summed E-state index contributed by atoms with van der Waals surface area (Å²) in [5.41, 5.74) is -0.175. The minimum absolute atomic E-state index is 0. The number of carbonyl (C=O) groups is 1. The van der Waals surface area contributed by atoms with Crippen molar-refractivity contribution < 1.29 is 20.3 Å². The summed E-state index contributed by atoms with van der Waals surface area (Å²) in [6.07, 6.45) is -0.789. The van der Waals surface area contributed by atoms with Gasteiger partial charge in [0.25, 0.3) is 5.69 Å². The Bertz CT molecular complexity index is 535. The Morgan fingerprint density at radius 2 is 2.29 bits per heavy atom. The second-order valence-electron chi connectivity index (χ2n) is 4.19. The van der Waals surface area contributed by atoms with Crippen molar-refractivity contribution in [2.45, 2.75) is 13.5 Å². The molecule has 9 heteroatoms. The first-order valence-corrected chi connectivity index (χ1v) is 5.57. The zero-order valence-corrected chi connectivity index (χ0v) is 11.6. The zero-order valence-electron chi connectivity index (χ0n) is 10.6. The SMILES string of the molecule is C.CN1C[C@H](CNc2ccc([N+](=O)[O-])cc2F)OC1=O.S.[HH]. The first-order valence-electron chi connectivity index (χ1n) is 5.57. The molecule has 1 atom stereocenters. The second kappa shape index (κ2) is 7.67. The lowest BCUT2D eigenvalue weighted by atomic mass is 10.2. The van der Waals surface area contributed by atoms with Crippen LogP contribution in [0.15, 0.2) is 18.2 Å². The molecule has 1 amide bonds. The largest absolute Gasteiger partial charge is 0.442 e. The van der Waals surface area contributed by atoms with Crippen molar-refractivity contribution in [3.05, 3.63) is 34.1 Å². The Labute approximate surface area is 130 Å². The van der Waals surface area contributed by atoms with Gasteiger partial charge in [0.15, 0.2) is 5.82 Å². The molecule has 1 heterocycles. The van der Waals surface area contributed by atoms with Gasteiger partial charge in [0.05, 0.1) is 29.8 Å². The van der Waals surface area contributed by atoms with E-state index in [1.807, 2.05) is 0 Å². The molecule has 1 N–H and O–H groups in total. The van der Waals surface area contributed by atoms with Crippen LogP contribution in [0.5, 0.6) is 0 Å². The van der Waals surface area contributed by atoms with Crippen molar-refractivity contribution in [1.29, 1.82) is 0 Å². The molecule has 0 spiro atoms. The minimum Gasteiger partial charge on any atom is -0.442 e. The van der Waals surface area contributed by atoms with Crippen LogP contribution in [0, 0.1) is 15.9 Å². The summed E-state index contributed by atoms with van der Waals surface area (Å²) in [6.45, 7) is 0.658. The molecule has 0 radical (unpaired) electrons. The molecular formula is C12H20FN3O4S. The van der Waals surface area contributed by atoms with Gasteiger partial charge in [-0.05, 0) is 6.07 Å². The summed E-state index contributed by atoms with van der Waals surface area (Å²) in [7, 11) is 1.61. The molecule has 21 heavy (non-hydrogen) atoms. The molecule has 1 saturated heterocycles. The predicted octanol–water partition coefficient (Wildman–Crippen LogP) is 2.59. The summed E-state index contributed by atoms with van der Waals surface area (Å²) in [5, 5.41) is 13.2. The number of nitro benzene ring substituents is 1. The number of anilines is 1. The number of halogens is 1. The molecule has 2 rings (SSSR count). The van der Waals surface area contributed by atoms with Gasteiger partial charge in [0.1, 0.15) is 6.10 Å². The Hall–Kier alpha value is -2.03. The number of ether oxygens (including phenoxy) is 1. The van der Waals surface area contributed by atoms with Gasteiger partial charge in [0, 0.05) is 14.5 Å². The zero-order chi connectivity index (χ0) is 14.0. The maximum Gasteiger partial charge on any atom is 0.410 e. The van der Waals surface area contributed by atoms with Crippen LogP contribution in [0.25, 0.3) is 0 Å². The van der Waals surface area contributed by atoms with Gasteiger partial charge in [-0.15, -0.1) is 0 Å². The third kappa shape index (κ3) is 4.48. The molecule has 1 aromatic carbocycles. The predicted molar refractivity (Wildman–Crippen MR) is 83.7 cm³/mol. The van der Waals surface area contributed by atoms with Crippen molar-refractivity contribution in [1.82, 2.24) is 4.90 Å². The first-order chi connectivity index (χ1) is 8.97. The van der Waals surface area contributed by atoms with E-state index in [-0.39, 0.29) is 46.4 Å². The lowest BCUT2D eigenvalue weighted by molar-refractivity contribution is -0.385. The number of carbonyl (C=O) groups excluding carboxylic acids is 1. The van der Waals surface area contributed by atoms with Crippen LogP contribution >= 0.6 is 13.5 Å². The maximum atomic E-state index is 13.6. The van der Waals surface area contributed by atoms with Gasteiger partial charge in [-0.1, -0.05) is 7.43 Å². The number of nitro groups is 1. The van der Waals surface area contributed by atoms with E-state index in [0.717, 1.165) is 6.07 Å². The summed E-state index contributed by atoms with van der Waals surface area (Å²) < 4.78 is 18.5. The molecule has 0 aliphatic carbocycles. The highest BCUT2D eigenvalue weighted by atomic mass is 32.1. The van der Waals surface area contributed by atoms with Gasteiger partial charge < -0.3 is 15.0 Å². The number of cyclic esters (lactones) is 1. The highest BCUT2D eigenvalue weighted by Gasteiger charge is 2.28. The third-order valence-electron chi connectivity index (χ3n) is 2.74. The van der Waals surface area contributed by atoms with E-state index < -0.39 is 16.8 Å². The van der Waals surface area contributed by atoms with Crippen LogP contribution in [0.3, 0.4) is 0 Å². The first kappa shape index (κ1) is 19.0. The third-order valence-corrected chi connectivity index (χ3v) is 2.74. The average Bonchev–Trinajstić information content (AvgIpc) is 2.67. The van der Waals surface area contributed by atoms with Crippen LogP contribution in [0.2, 0.25) is 0 Å². The van der Waals surface area contributed by atoms with E-state index in [2.05, 4.69) is 5.32 Å². The molecule has 0 bridgehead atoms. The molecule has 1 aromatic rings. The number of amides is 1. The molecule has 0 unspecified atom stereocenters. The van der Waals surface area contributed by atoms with Gasteiger partial charge in [-0.2, -0.15) is 13.5 Å². The topological polar surface area (TPSA) is 84.7 Å². The fourth-order valence-corrected chi connectivity index (χ4v) is 1.74. The molecule has 120 valence electrons. The number of nitrogens with one attached hydrogen (secondary N) is 1. The fraction of sp³-hybridized carbons (Fsp3) is 0.417. The number of nitrogens with zero attached hydrogens (tertiary/aromatic N) is 2. The molecule has 1 aliphatic heterocycles. The molecule has 7 nitrogen and oxygen atoms in total. The van der Waals surface area contributed by atoms with E-state index in [1.165, 1.54) is 17.0 Å². The standard InChI is InChI=1S/C11H12FN3O4.CH4.H2S.H2/c1-14-6-8(19-11(14)16)5-13-10-3-2-7(15(17)18)4-9(10)12;;;/h2-4,8,13H,5-6H2,1H3;1H4;1H2;1H/t8-;;;/m0.../s1. The van der Waals surface area contributed by atoms with Crippen molar-refractivity contribution in [3.8, 4) is 0 Å². The Morgan fingerprint density at radius 3 is 2.76 bits per heavy atom. The van der Waals surface area contributed by atoms with Crippen molar-refractivity contribution in [2.75, 3.05) is 25.5 Å². The average molecular weight is 321 g/mol. The van der Waals surface area contributed by atoms with E-state index in [0.29, 0.717) is 6.54 Å². The maximum absolute atomic E-state index is 13.6. The summed E-state index contributed by atoms with van der Waals surface area (Å²) >= 11 is 0. The fourth-order valence-electron chi connectivity index (χ4n) is 1.74. The van der Waals surface area contributed by atoms with Crippen molar-refractivity contribution in [2.24, 2.45) is 0 Å². The van der Waals surface area contributed by atoms with E-state index >= 15 is 0 Å². The van der Waals surface area contributed by atoms with Gasteiger partial charge >= 0.3 is 6.09 Å². The van der Waals surface area contributed by atoms with Crippen LogP contribution in [0.1, 0.15) is 8.85 Å². The highest BCUT2D eigenvalue weighted by molar-refractivity contribution is 7.59. The Kier molecular flexibility index (Phi) is 6.93. The van der Waals surface area contributed by atoms with Gasteiger partial charge in [-0.25, -0.2) is 9.18 Å². The highest BCUT2D eigenvalue weighted by Crippen LogP contribution is 2.21. The number of hydrogen-bond donors (Lipinski definition) is 1. The van der Waals surface area contributed by atoms with Crippen molar-refractivity contribution in [3.63, 3.8) is 0 Å². The Balaban J connectivity index is 0. The lowest BCUT2D eigenvalue weighted by Gasteiger charge is -2.11. The van der Waals surface area contributed by atoms with E-state index in [4.69, 9.17) is 4.74 Å². The monoisotopic (exact) mass is 321 g/mol. The Morgan fingerprint density at radius 1 is 1.62 bits per heavy atom. The van der Waals surface area contributed by atoms with Crippen LogP contribution in [0.4, 0.5) is 20.6 Å². The van der Waals surface area contributed by atoms with E-state index in [9.17, 15) is 19.3 Å². The number of rotatable bonds is 4. The number of benzene rings is 1. The minimum atomic E-state index is -0.716. The van der Waals surface area contributed by atoms with Gasteiger partial charge in [0.2, 0.25) is 0 Å². The molecule has 0 saturated carbocycles. The van der Waals surface area contributed by atoms with E-state index in [1.54, 1.807) is 7.05 Å². The number of likely N-dealkylation sites (N-methyl/N-ethyl adjacent to an activating group) is 1. The quantitative estimate of drug-likeness (QED) is 0.680. The lowest BCUT2D eigenvalue weighted by Crippen LogP contribution is -2.24. The van der Waals surface area contributed by atoms with Gasteiger partial charge in [-0.3, -0.25) is 10.1 Å².